The van der Waals surface area contributed by atoms with Gasteiger partial charge in [0.25, 0.3) is 5.69 Å². The Hall–Kier alpha value is -2.69. The van der Waals surface area contributed by atoms with Gasteiger partial charge < -0.3 is 5.21 Å². The van der Waals surface area contributed by atoms with Crippen molar-refractivity contribution < 1.29 is 10.1 Å². The summed E-state index contributed by atoms with van der Waals surface area (Å²) < 4.78 is 0. The number of nitrogens with zero attached hydrogens (tertiary/aromatic N) is 2. The summed E-state index contributed by atoms with van der Waals surface area (Å²) in [4.78, 5) is 10.5. The predicted octanol–water partition coefficient (Wildman–Crippen LogP) is 3.41. The fourth-order valence-corrected chi connectivity index (χ4v) is 2.04. The molecule has 0 unspecified atom stereocenters. The van der Waals surface area contributed by atoms with Gasteiger partial charge in [-0.25, -0.2) is 0 Å². The number of rotatable bonds is 5. The molecule has 0 amide bonds. The minimum absolute atomic E-state index is 0.0952. The van der Waals surface area contributed by atoms with Gasteiger partial charge in [0.1, 0.15) is 0 Å². The van der Waals surface area contributed by atoms with Crippen LogP contribution in [0.15, 0.2) is 59.8 Å². The van der Waals surface area contributed by atoms with Crippen molar-refractivity contribution in [3.63, 3.8) is 0 Å². The first-order chi connectivity index (χ1) is 9.72. The van der Waals surface area contributed by atoms with E-state index in [1.54, 1.807) is 18.2 Å². The quantitative estimate of drug-likeness (QED) is 0.391. The van der Waals surface area contributed by atoms with Crippen LogP contribution in [0.25, 0.3) is 0 Å². The fourth-order valence-electron chi connectivity index (χ4n) is 2.04. The Balaban J connectivity index is 2.14. The van der Waals surface area contributed by atoms with Gasteiger partial charge >= 0.3 is 0 Å². The zero-order valence-electron chi connectivity index (χ0n) is 10.8. The molecule has 0 fully saturated rings. The molecule has 5 nitrogen and oxygen atoms in total. The molecule has 2 aromatic rings. The second-order valence-electron chi connectivity index (χ2n) is 4.30. The second-order valence-corrected chi connectivity index (χ2v) is 4.30. The SMILES string of the molecule is O=[N+]([O-])c1ccccc1CCC(=NO)c1ccccc1. The van der Waals surface area contributed by atoms with Crippen molar-refractivity contribution in [1.82, 2.24) is 0 Å². The third-order valence-electron chi connectivity index (χ3n) is 3.05. The highest BCUT2D eigenvalue weighted by Gasteiger charge is 2.13. The third-order valence-corrected chi connectivity index (χ3v) is 3.05. The highest BCUT2D eigenvalue weighted by atomic mass is 16.6. The van der Waals surface area contributed by atoms with Crippen LogP contribution in [0.3, 0.4) is 0 Å². The Kier molecular flexibility index (Phi) is 4.44. The number of oxime groups is 1. The minimum Gasteiger partial charge on any atom is -0.411 e. The summed E-state index contributed by atoms with van der Waals surface area (Å²) in [6, 6.07) is 15.9. The van der Waals surface area contributed by atoms with Crippen molar-refractivity contribution >= 4 is 11.4 Å². The highest BCUT2D eigenvalue weighted by Crippen LogP contribution is 2.20. The van der Waals surface area contributed by atoms with Gasteiger partial charge in [-0.15, -0.1) is 0 Å². The van der Waals surface area contributed by atoms with Crippen LogP contribution in [0, 0.1) is 10.1 Å². The number of benzene rings is 2. The number of para-hydroxylation sites is 1. The average molecular weight is 270 g/mol. The van der Waals surface area contributed by atoms with Crippen molar-refractivity contribution in [2.45, 2.75) is 12.8 Å². The first-order valence-corrected chi connectivity index (χ1v) is 6.21. The van der Waals surface area contributed by atoms with Gasteiger partial charge in [0.15, 0.2) is 0 Å². The summed E-state index contributed by atoms with van der Waals surface area (Å²) >= 11 is 0. The van der Waals surface area contributed by atoms with Gasteiger partial charge in [-0.1, -0.05) is 53.7 Å². The van der Waals surface area contributed by atoms with E-state index in [9.17, 15) is 10.1 Å². The molecule has 0 radical (unpaired) electrons. The lowest BCUT2D eigenvalue weighted by Gasteiger charge is -2.05. The third kappa shape index (κ3) is 3.20. The van der Waals surface area contributed by atoms with E-state index in [2.05, 4.69) is 5.16 Å². The molecule has 20 heavy (non-hydrogen) atoms. The molecule has 0 bridgehead atoms. The Labute approximate surface area is 116 Å². The highest BCUT2D eigenvalue weighted by molar-refractivity contribution is 6.00. The lowest BCUT2D eigenvalue weighted by Crippen LogP contribution is -2.04. The Morgan fingerprint density at radius 1 is 1.10 bits per heavy atom. The monoisotopic (exact) mass is 270 g/mol. The van der Waals surface area contributed by atoms with Crippen LogP contribution >= 0.6 is 0 Å². The van der Waals surface area contributed by atoms with Crippen LogP contribution < -0.4 is 0 Å². The summed E-state index contributed by atoms with van der Waals surface area (Å²) in [5.41, 5.74) is 2.06. The van der Waals surface area contributed by atoms with Crippen LogP contribution in [-0.2, 0) is 6.42 Å². The van der Waals surface area contributed by atoms with Gasteiger partial charge in [0.05, 0.1) is 10.6 Å². The number of nitro groups is 1. The van der Waals surface area contributed by atoms with Crippen LogP contribution in [0.2, 0.25) is 0 Å². The van der Waals surface area contributed by atoms with Crippen molar-refractivity contribution in [2.24, 2.45) is 5.16 Å². The number of hydrogen-bond acceptors (Lipinski definition) is 4. The second kappa shape index (κ2) is 6.47. The summed E-state index contributed by atoms with van der Waals surface area (Å²) in [6.45, 7) is 0. The smallest absolute Gasteiger partial charge is 0.272 e. The first-order valence-electron chi connectivity index (χ1n) is 6.21. The van der Waals surface area contributed by atoms with Gasteiger partial charge in [-0.3, -0.25) is 10.1 Å². The zero-order chi connectivity index (χ0) is 14.4. The number of hydrogen-bond donors (Lipinski definition) is 1. The van der Waals surface area contributed by atoms with E-state index in [4.69, 9.17) is 5.21 Å². The molecule has 0 spiro atoms. The molecule has 0 aliphatic heterocycles. The maximum absolute atomic E-state index is 10.9. The van der Waals surface area contributed by atoms with Crippen molar-refractivity contribution in [1.29, 1.82) is 0 Å². The van der Waals surface area contributed by atoms with Crippen LogP contribution in [-0.4, -0.2) is 15.8 Å². The van der Waals surface area contributed by atoms with Crippen LogP contribution in [0.1, 0.15) is 17.5 Å². The first kappa shape index (κ1) is 13.7. The normalized spacial score (nSPS) is 11.3. The molecule has 2 rings (SSSR count). The summed E-state index contributed by atoms with van der Waals surface area (Å²) in [6.07, 6.45) is 0.886. The fraction of sp³-hybridized carbons (Fsp3) is 0.133. The maximum Gasteiger partial charge on any atom is 0.272 e. The molecule has 0 atom stereocenters. The summed E-state index contributed by atoms with van der Waals surface area (Å²) in [5.74, 6) is 0. The lowest BCUT2D eigenvalue weighted by atomic mass is 10.0. The van der Waals surface area contributed by atoms with Gasteiger partial charge in [-0.2, -0.15) is 0 Å². The molecule has 0 aromatic heterocycles. The Morgan fingerprint density at radius 2 is 1.75 bits per heavy atom. The maximum atomic E-state index is 10.9. The van der Waals surface area contributed by atoms with Crippen LogP contribution in [0.5, 0.6) is 0 Å². The molecular weight excluding hydrogens is 256 g/mol. The van der Waals surface area contributed by atoms with E-state index in [-0.39, 0.29) is 5.69 Å². The molecule has 0 aliphatic rings. The van der Waals surface area contributed by atoms with E-state index in [1.165, 1.54) is 6.07 Å². The molecular formula is C15H14N2O3. The molecule has 2 aromatic carbocycles. The standard InChI is InChI=1S/C15H14N2O3/c18-16-14(12-6-2-1-3-7-12)11-10-13-8-4-5-9-15(13)17(19)20/h1-9,18H,10-11H2. The topological polar surface area (TPSA) is 75.7 Å². The predicted molar refractivity (Wildman–Crippen MR) is 76.2 cm³/mol. The Bertz CT molecular complexity index is 624. The van der Waals surface area contributed by atoms with Crippen LogP contribution in [0.4, 0.5) is 5.69 Å². The summed E-state index contributed by atoms with van der Waals surface area (Å²) in [7, 11) is 0. The van der Waals surface area contributed by atoms with Gasteiger partial charge in [0.2, 0.25) is 0 Å². The molecule has 1 N–H and O–H groups in total. The Morgan fingerprint density at radius 3 is 2.40 bits per heavy atom. The van der Waals surface area contributed by atoms with Gasteiger partial charge in [0, 0.05) is 11.6 Å². The molecule has 0 saturated heterocycles. The number of aryl methyl sites for hydroxylation is 1. The van der Waals surface area contributed by atoms with E-state index in [1.807, 2.05) is 30.3 Å². The summed E-state index contributed by atoms with van der Waals surface area (Å²) in [5, 5.41) is 23.3. The minimum atomic E-state index is -0.395. The van der Waals surface area contributed by atoms with Crippen molar-refractivity contribution in [3.8, 4) is 0 Å². The van der Waals surface area contributed by atoms with E-state index in [0.717, 1.165) is 5.56 Å². The lowest BCUT2D eigenvalue weighted by molar-refractivity contribution is -0.385. The van der Waals surface area contributed by atoms with Crippen molar-refractivity contribution in [3.05, 3.63) is 75.8 Å². The largest absolute Gasteiger partial charge is 0.411 e. The molecule has 0 heterocycles. The molecule has 102 valence electrons. The van der Waals surface area contributed by atoms with Crippen molar-refractivity contribution in [2.75, 3.05) is 0 Å². The average Bonchev–Trinajstić information content (AvgIpc) is 2.49. The molecule has 0 saturated carbocycles. The van der Waals surface area contributed by atoms with E-state index in [0.29, 0.717) is 24.1 Å². The van der Waals surface area contributed by atoms with E-state index >= 15 is 0 Å². The zero-order valence-corrected chi connectivity index (χ0v) is 10.8. The molecule has 0 aliphatic carbocycles. The van der Waals surface area contributed by atoms with Gasteiger partial charge in [-0.05, 0) is 18.4 Å². The number of nitro benzene ring substituents is 1. The van der Waals surface area contributed by atoms with E-state index < -0.39 is 4.92 Å². The molecule has 5 heteroatoms.